The Bertz CT molecular complexity index is 218. The van der Waals surface area contributed by atoms with Gasteiger partial charge in [-0.25, -0.2) is 9.86 Å². The first-order valence-electron chi connectivity index (χ1n) is 3.47. The fraction of sp³-hybridized carbons (Fsp3) is 0.667. The Kier molecular flexibility index (Phi) is 2.30. The van der Waals surface area contributed by atoms with Crippen LogP contribution in [0, 0.1) is 0 Å². The Morgan fingerprint density at radius 3 is 2.83 bits per heavy atom. The number of carbonyl (C=O) groups is 2. The molecule has 0 spiro atoms. The summed E-state index contributed by atoms with van der Waals surface area (Å²) in [5.41, 5.74) is 5.34. The van der Waals surface area contributed by atoms with Crippen molar-refractivity contribution < 1.29 is 19.5 Å². The Labute approximate surface area is 68.8 Å². The van der Waals surface area contributed by atoms with Gasteiger partial charge in [0, 0.05) is 0 Å². The molecule has 0 bridgehead atoms. The summed E-state index contributed by atoms with van der Waals surface area (Å²) in [4.78, 5) is 25.6. The summed E-state index contributed by atoms with van der Waals surface area (Å²) in [5.74, 6) is -1.49. The molecule has 3 N–H and O–H groups in total. The molecule has 0 saturated carbocycles. The van der Waals surface area contributed by atoms with Gasteiger partial charge in [0.05, 0.1) is 6.04 Å². The number of aliphatic carboxylic acids is 1. The zero-order valence-electron chi connectivity index (χ0n) is 6.56. The molecule has 0 radical (unpaired) electrons. The molecule has 0 aromatic rings. The van der Waals surface area contributed by atoms with Gasteiger partial charge in [-0.05, 0) is 6.92 Å². The van der Waals surface area contributed by atoms with Gasteiger partial charge in [0.1, 0.15) is 6.04 Å². The van der Waals surface area contributed by atoms with Crippen molar-refractivity contribution in [3.05, 3.63) is 0 Å². The van der Waals surface area contributed by atoms with Gasteiger partial charge in [0.15, 0.2) is 6.61 Å². The zero-order valence-corrected chi connectivity index (χ0v) is 6.56. The number of hydroxylamine groups is 2. The molecule has 0 unspecified atom stereocenters. The number of hydrogen-bond donors (Lipinski definition) is 2. The molecule has 6 nitrogen and oxygen atoms in total. The van der Waals surface area contributed by atoms with Gasteiger partial charge < -0.3 is 10.8 Å². The molecule has 12 heavy (non-hydrogen) atoms. The second-order valence-corrected chi connectivity index (χ2v) is 2.60. The monoisotopic (exact) mass is 174 g/mol. The van der Waals surface area contributed by atoms with E-state index in [1.807, 2.05) is 0 Å². The molecule has 1 heterocycles. The van der Waals surface area contributed by atoms with Crippen molar-refractivity contribution >= 4 is 11.9 Å². The number of rotatable bonds is 3. The van der Waals surface area contributed by atoms with E-state index in [1.165, 1.54) is 0 Å². The van der Waals surface area contributed by atoms with E-state index in [1.54, 1.807) is 6.92 Å². The summed E-state index contributed by atoms with van der Waals surface area (Å²) in [6.07, 6.45) is 0. The standard InChI is InChI=1S/C6H10N2O4/c1-3-5(7)6(11)8(3)12-2-4(9)10/h3,5H,2,7H2,1H3,(H,9,10)/t3-,5-/m0/s1. The third-order valence-electron chi connectivity index (χ3n) is 1.72. The molecule has 68 valence electrons. The van der Waals surface area contributed by atoms with Crippen LogP contribution in [0.2, 0.25) is 0 Å². The van der Waals surface area contributed by atoms with Crippen LogP contribution in [-0.4, -0.2) is 40.7 Å². The van der Waals surface area contributed by atoms with Crippen molar-refractivity contribution in [3.63, 3.8) is 0 Å². The largest absolute Gasteiger partial charge is 0.479 e. The summed E-state index contributed by atoms with van der Waals surface area (Å²) < 4.78 is 0. The fourth-order valence-corrected chi connectivity index (χ4v) is 0.924. The smallest absolute Gasteiger partial charge is 0.332 e. The molecule has 2 atom stereocenters. The first-order chi connectivity index (χ1) is 5.54. The minimum Gasteiger partial charge on any atom is -0.479 e. The molecular weight excluding hydrogens is 164 g/mol. The first kappa shape index (κ1) is 8.95. The lowest BCUT2D eigenvalue weighted by Crippen LogP contribution is -2.67. The van der Waals surface area contributed by atoms with Crippen LogP contribution in [-0.2, 0) is 14.4 Å². The topological polar surface area (TPSA) is 92.9 Å². The number of nitrogens with zero attached hydrogens (tertiary/aromatic N) is 1. The summed E-state index contributed by atoms with van der Waals surface area (Å²) >= 11 is 0. The summed E-state index contributed by atoms with van der Waals surface area (Å²) in [6, 6.07) is -0.796. The average Bonchev–Trinajstić information content (AvgIpc) is 2.03. The lowest BCUT2D eigenvalue weighted by Gasteiger charge is -2.41. The third-order valence-corrected chi connectivity index (χ3v) is 1.72. The molecule has 0 aliphatic carbocycles. The summed E-state index contributed by atoms with van der Waals surface area (Å²) in [7, 11) is 0. The maximum atomic E-state index is 10.9. The second-order valence-electron chi connectivity index (χ2n) is 2.60. The van der Waals surface area contributed by atoms with E-state index in [2.05, 4.69) is 4.84 Å². The highest BCUT2D eigenvalue weighted by molar-refractivity contribution is 5.88. The third kappa shape index (κ3) is 1.39. The number of β-lactam (4-membered cyclic amide) rings is 1. The van der Waals surface area contributed by atoms with E-state index in [9.17, 15) is 9.59 Å². The number of carboxylic acid groups (broad SMARTS) is 1. The molecule has 1 rings (SSSR count). The van der Waals surface area contributed by atoms with E-state index < -0.39 is 18.6 Å². The SMILES string of the molecule is C[C@H]1[C@H](N)C(=O)N1OCC(=O)O. The van der Waals surface area contributed by atoms with Gasteiger partial charge in [-0.15, -0.1) is 0 Å². The number of amides is 1. The number of carbonyl (C=O) groups excluding carboxylic acids is 1. The summed E-state index contributed by atoms with van der Waals surface area (Å²) in [6.45, 7) is 1.18. The highest BCUT2D eigenvalue weighted by atomic mass is 16.7. The van der Waals surface area contributed by atoms with Gasteiger partial charge in [-0.3, -0.25) is 9.63 Å². The van der Waals surface area contributed by atoms with Crippen LogP contribution in [0.4, 0.5) is 0 Å². The Morgan fingerprint density at radius 2 is 2.42 bits per heavy atom. The average molecular weight is 174 g/mol. The lowest BCUT2D eigenvalue weighted by molar-refractivity contribution is -0.230. The highest BCUT2D eigenvalue weighted by Crippen LogP contribution is 2.17. The van der Waals surface area contributed by atoms with E-state index in [4.69, 9.17) is 10.8 Å². The molecule has 1 fully saturated rings. The van der Waals surface area contributed by atoms with Crippen LogP contribution in [0.15, 0.2) is 0 Å². The van der Waals surface area contributed by atoms with Gasteiger partial charge >= 0.3 is 5.97 Å². The van der Waals surface area contributed by atoms with Crippen molar-refractivity contribution in [1.82, 2.24) is 5.06 Å². The predicted molar refractivity (Wildman–Crippen MR) is 37.9 cm³/mol. The number of hydrogen-bond acceptors (Lipinski definition) is 4. The molecule has 0 aromatic heterocycles. The van der Waals surface area contributed by atoms with Crippen LogP contribution in [0.3, 0.4) is 0 Å². The van der Waals surface area contributed by atoms with Crippen molar-refractivity contribution in [2.24, 2.45) is 5.73 Å². The molecule has 6 heteroatoms. The van der Waals surface area contributed by atoms with Crippen molar-refractivity contribution in [3.8, 4) is 0 Å². The Hall–Kier alpha value is -1.14. The van der Waals surface area contributed by atoms with E-state index in [0.717, 1.165) is 5.06 Å². The zero-order chi connectivity index (χ0) is 9.30. The number of carboxylic acids is 1. The summed E-state index contributed by atoms with van der Waals surface area (Å²) in [5, 5.41) is 9.21. The van der Waals surface area contributed by atoms with E-state index >= 15 is 0 Å². The molecule has 1 saturated heterocycles. The lowest BCUT2D eigenvalue weighted by atomic mass is 10.0. The van der Waals surface area contributed by atoms with Crippen LogP contribution in [0.25, 0.3) is 0 Å². The van der Waals surface area contributed by atoms with Crippen molar-refractivity contribution in [2.75, 3.05) is 6.61 Å². The molecular formula is C6H10N2O4. The quantitative estimate of drug-likeness (QED) is 0.511. The minimum atomic E-state index is -1.12. The van der Waals surface area contributed by atoms with E-state index in [-0.39, 0.29) is 11.9 Å². The van der Waals surface area contributed by atoms with Gasteiger partial charge in [0.25, 0.3) is 5.91 Å². The molecule has 0 aromatic carbocycles. The Balaban J connectivity index is 2.35. The molecule has 1 amide bonds. The van der Waals surface area contributed by atoms with Gasteiger partial charge in [-0.2, -0.15) is 0 Å². The second kappa shape index (κ2) is 3.08. The van der Waals surface area contributed by atoms with E-state index in [0.29, 0.717) is 0 Å². The van der Waals surface area contributed by atoms with Gasteiger partial charge in [0.2, 0.25) is 0 Å². The first-order valence-corrected chi connectivity index (χ1v) is 3.47. The fourth-order valence-electron chi connectivity index (χ4n) is 0.924. The van der Waals surface area contributed by atoms with Crippen LogP contribution >= 0.6 is 0 Å². The normalized spacial score (nSPS) is 28.5. The maximum absolute atomic E-state index is 10.9. The minimum absolute atomic E-state index is 0.239. The van der Waals surface area contributed by atoms with Crippen LogP contribution in [0.5, 0.6) is 0 Å². The molecule has 1 aliphatic heterocycles. The maximum Gasteiger partial charge on any atom is 0.332 e. The van der Waals surface area contributed by atoms with Crippen LogP contribution in [0.1, 0.15) is 6.92 Å². The predicted octanol–water partition coefficient (Wildman–Crippen LogP) is -1.44. The molecule has 1 aliphatic rings. The van der Waals surface area contributed by atoms with Crippen molar-refractivity contribution in [1.29, 1.82) is 0 Å². The Morgan fingerprint density at radius 1 is 1.83 bits per heavy atom. The van der Waals surface area contributed by atoms with Crippen LogP contribution < -0.4 is 5.73 Å². The van der Waals surface area contributed by atoms with Crippen molar-refractivity contribution in [2.45, 2.75) is 19.0 Å². The highest BCUT2D eigenvalue weighted by Gasteiger charge is 2.43. The van der Waals surface area contributed by atoms with Gasteiger partial charge in [-0.1, -0.05) is 0 Å². The number of nitrogens with two attached hydrogens (primary N) is 1.